The van der Waals surface area contributed by atoms with E-state index in [9.17, 15) is 14.4 Å². The first kappa shape index (κ1) is 28.3. The van der Waals surface area contributed by atoms with Crippen LogP contribution in [-0.2, 0) is 19.2 Å². The lowest BCUT2D eigenvalue weighted by atomic mass is 10.2. The molecule has 0 saturated carbocycles. The predicted molar refractivity (Wildman–Crippen MR) is 112 cm³/mol. The Morgan fingerprint density at radius 3 is 1.86 bits per heavy atom. The second-order valence-corrected chi connectivity index (χ2v) is 6.81. The second kappa shape index (κ2) is 18.4. The highest BCUT2D eigenvalue weighted by Crippen LogP contribution is 2.14. The van der Waals surface area contributed by atoms with Crippen molar-refractivity contribution in [3.05, 3.63) is 0 Å². The molecule has 2 aliphatic heterocycles. The minimum Gasteiger partial charge on any atom is -0.370 e. The quantitative estimate of drug-likeness (QED) is 0.723. The summed E-state index contributed by atoms with van der Waals surface area (Å²) >= 11 is 0. The van der Waals surface area contributed by atoms with E-state index in [0.717, 1.165) is 51.7 Å². The normalized spacial score (nSPS) is 17.9. The summed E-state index contributed by atoms with van der Waals surface area (Å²) < 4.78 is 0. The minimum atomic E-state index is -0.211. The van der Waals surface area contributed by atoms with Crippen LogP contribution >= 0.6 is 0 Å². The van der Waals surface area contributed by atoms with Gasteiger partial charge < -0.3 is 20.7 Å². The number of likely N-dealkylation sites (N-methyl/N-ethyl adjacent to an activating group) is 2. The molecule has 2 rings (SSSR count). The van der Waals surface area contributed by atoms with Gasteiger partial charge in [-0.25, -0.2) is 0 Å². The van der Waals surface area contributed by atoms with Gasteiger partial charge in [0.2, 0.25) is 17.7 Å². The molecule has 1 atom stereocenters. The summed E-state index contributed by atoms with van der Waals surface area (Å²) in [6, 6.07) is 0.130. The highest BCUT2D eigenvalue weighted by molar-refractivity contribution is 5.81. The highest BCUT2D eigenvalue weighted by atomic mass is 16.2. The van der Waals surface area contributed by atoms with Crippen molar-refractivity contribution in [1.29, 1.82) is 0 Å². The van der Waals surface area contributed by atoms with Gasteiger partial charge in [-0.05, 0) is 52.1 Å². The lowest BCUT2D eigenvalue weighted by Gasteiger charge is -2.16. The van der Waals surface area contributed by atoms with E-state index in [-0.39, 0.29) is 17.9 Å². The van der Waals surface area contributed by atoms with E-state index in [4.69, 9.17) is 10.5 Å². The molecule has 0 aliphatic carbocycles. The monoisotopic (exact) mass is 400 g/mol. The number of primary amides is 1. The molecule has 28 heavy (non-hydrogen) atoms. The summed E-state index contributed by atoms with van der Waals surface area (Å²) in [5.41, 5.74) is 4.76. The zero-order valence-corrected chi connectivity index (χ0v) is 18.2. The predicted octanol–water partition coefficient (Wildman–Crippen LogP) is 1.32. The molecular weight excluding hydrogens is 360 g/mol. The molecule has 0 radical (unpaired) electrons. The molecule has 2 heterocycles. The van der Waals surface area contributed by atoms with Crippen molar-refractivity contribution in [2.45, 2.75) is 71.3 Å². The van der Waals surface area contributed by atoms with Crippen molar-refractivity contribution in [2.75, 3.05) is 33.7 Å². The van der Waals surface area contributed by atoms with E-state index in [0.29, 0.717) is 12.3 Å². The summed E-state index contributed by atoms with van der Waals surface area (Å²) in [6.45, 7) is 9.02. The van der Waals surface area contributed by atoms with Gasteiger partial charge in [0, 0.05) is 33.0 Å². The molecular formula is C20H40N4O4. The number of carbonyl (C=O) groups excluding carboxylic acids is 4. The number of rotatable bonds is 5. The Morgan fingerprint density at radius 2 is 1.54 bits per heavy atom. The fourth-order valence-electron chi connectivity index (χ4n) is 2.99. The molecule has 3 amide bonds. The van der Waals surface area contributed by atoms with Gasteiger partial charge in [0.1, 0.15) is 6.79 Å². The van der Waals surface area contributed by atoms with Crippen LogP contribution in [0.5, 0.6) is 0 Å². The molecule has 0 aromatic heterocycles. The molecule has 2 saturated heterocycles. The van der Waals surface area contributed by atoms with Gasteiger partial charge in [0.25, 0.3) is 0 Å². The summed E-state index contributed by atoms with van der Waals surface area (Å²) in [5, 5.41) is 2.66. The van der Waals surface area contributed by atoms with Crippen LogP contribution < -0.4 is 11.1 Å². The number of nitrogens with zero attached hydrogens (tertiary/aromatic N) is 2. The van der Waals surface area contributed by atoms with Crippen molar-refractivity contribution < 1.29 is 19.2 Å². The van der Waals surface area contributed by atoms with Crippen LogP contribution in [0, 0.1) is 0 Å². The first-order valence-electron chi connectivity index (χ1n) is 10.1. The number of nitrogens with one attached hydrogen (secondary N) is 1. The molecule has 3 N–H and O–H groups in total. The Labute approximate surface area is 170 Å². The van der Waals surface area contributed by atoms with Crippen LogP contribution in [0.15, 0.2) is 0 Å². The third-order valence-corrected chi connectivity index (χ3v) is 4.49. The molecule has 8 heteroatoms. The number of nitrogens with two attached hydrogens (primary N) is 1. The van der Waals surface area contributed by atoms with Gasteiger partial charge >= 0.3 is 0 Å². The van der Waals surface area contributed by atoms with E-state index < -0.39 is 0 Å². The van der Waals surface area contributed by atoms with Crippen molar-refractivity contribution in [3.8, 4) is 0 Å². The SMILES string of the molecule is C=O.CCCC(=O)N1CCCC1.CCCC(N)=O.CNC(=O)C1CCCN1C. The van der Waals surface area contributed by atoms with Crippen LogP contribution in [0.4, 0.5) is 0 Å². The average Bonchev–Trinajstić information content (AvgIpc) is 3.36. The van der Waals surface area contributed by atoms with Gasteiger partial charge in [-0.2, -0.15) is 0 Å². The van der Waals surface area contributed by atoms with Gasteiger partial charge in [0.05, 0.1) is 6.04 Å². The Kier molecular flexibility index (Phi) is 18.6. The van der Waals surface area contributed by atoms with E-state index in [1.807, 2.05) is 32.6 Å². The fraction of sp³-hybridized carbons (Fsp3) is 0.800. The number of hydrogen-bond donors (Lipinski definition) is 2. The topological polar surface area (TPSA) is 113 Å². The summed E-state index contributed by atoms with van der Waals surface area (Å²) in [7, 11) is 3.68. The second-order valence-electron chi connectivity index (χ2n) is 6.81. The van der Waals surface area contributed by atoms with Gasteiger partial charge in [-0.1, -0.05) is 13.8 Å². The lowest BCUT2D eigenvalue weighted by Crippen LogP contribution is -2.39. The van der Waals surface area contributed by atoms with Crippen molar-refractivity contribution in [3.63, 3.8) is 0 Å². The van der Waals surface area contributed by atoms with Crippen LogP contribution in [0.2, 0.25) is 0 Å². The summed E-state index contributed by atoms with van der Waals surface area (Å²) in [4.78, 5) is 44.1. The molecule has 0 aromatic rings. The van der Waals surface area contributed by atoms with Crippen molar-refractivity contribution in [2.24, 2.45) is 5.73 Å². The maximum atomic E-state index is 11.2. The standard InChI is InChI=1S/C8H15NO.C7H14N2O.C4H9NO.CH2O/c1-2-5-8(10)9-6-3-4-7-9;1-8-7(10)6-4-3-5-9(6)2;1-2-3-4(5)6;1-2/h2-7H2,1H3;6H,3-5H2,1-2H3,(H,8,10);2-3H2,1H3,(H2,5,6);1H2. The maximum Gasteiger partial charge on any atom is 0.237 e. The van der Waals surface area contributed by atoms with Crippen molar-refractivity contribution in [1.82, 2.24) is 15.1 Å². The Balaban J connectivity index is 0. The molecule has 2 aliphatic rings. The van der Waals surface area contributed by atoms with E-state index in [1.54, 1.807) is 7.05 Å². The molecule has 2 fully saturated rings. The van der Waals surface area contributed by atoms with Crippen molar-refractivity contribution >= 4 is 24.5 Å². The molecule has 8 nitrogen and oxygen atoms in total. The minimum absolute atomic E-state index is 0.130. The van der Waals surface area contributed by atoms with Crippen LogP contribution in [-0.4, -0.2) is 74.1 Å². The number of hydrogen-bond acceptors (Lipinski definition) is 5. The van der Waals surface area contributed by atoms with Gasteiger partial charge in [-0.15, -0.1) is 0 Å². The van der Waals surface area contributed by atoms with E-state index >= 15 is 0 Å². The lowest BCUT2D eigenvalue weighted by molar-refractivity contribution is -0.130. The first-order valence-corrected chi connectivity index (χ1v) is 10.1. The maximum absolute atomic E-state index is 11.2. The Bertz CT molecular complexity index is 438. The first-order chi connectivity index (χ1) is 13.4. The van der Waals surface area contributed by atoms with Crippen LogP contribution in [0.25, 0.3) is 0 Å². The largest absolute Gasteiger partial charge is 0.370 e. The zero-order valence-electron chi connectivity index (χ0n) is 18.2. The Hall–Kier alpha value is -1.96. The molecule has 0 bridgehead atoms. The molecule has 1 unspecified atom stereocenters. The summed E-state index contributed by atoms with van der Waals surface area (Å²) in [5.74, 6) is 0.289. The third-order valence-electron chi connectivity index (χ3n) is 4.49. The highest BCUT2D eigenvalue weighted by Gasteiger charge is 2.26. The van der Waals surface area contributed by atoms with Crippen LogP contribution in [0.3, 0.4) is 0 Å². The smallest absolute Gasteiger partial charge is 0.237 e. The average molecular weight is 401 g/mol. The van der Waals surface area contributed by atoms with E-state index in [1.165, 1.54) is 12.8 Å². The Morgan fingerprint density at radius 1 is 1.00 bits per heavy atom. The van der Waals surface area contributed by atoms with Gasteiger partial charge in [-0.3, -0.25) is 19.3 Å². The number of likely N-dealkylation sites (tertiary alicyclic amines) is 2. The molecule has 0 aromatic carbocycles. The third kappa shape index (κ3) is 13.2. The zero-order chi connectivity index (χ0) is 21.9. The number of amides is 3. The summed E-state index contributed by atoms with van der Waals surface area (Å²) in [6.07, 6.45) is 7.65. The fourth-order valence-corrected chi connectivity index (χ4v) is 2.99. The molecule has 164 valence electrons. The van der Waals surface area contributed by atoms with Gasteiger partial charge in [0.15, 0.2) is 0 Å². The van der Waals surface area contributed by atoms with Crippen LogP contribution in [0.1, 0.15) is 65.2 Å². The number of carbonyl (C=O) groups is 4. The van der Waals surface area contributed by atoms with E-state index in [2.05, 4.69) is 10.2 Å². The molecule has 0 spiro atoms.